The van der Waals surface area contributed by atoms with E-state index >= 15 is 0 Å². The Balaban J connectivity index is 5.02. The fraction of sp³-hybridized carbons (Fsp3) is 1.00. The molecule has 0 amide bonds. The summed E-state index contributed by atoms with van der Waals surface area (Å²) in [6.07, 6.45) is -5.28. The Kier molecular flexibility index (Phi) is 6.49. The van der Waals surface area contributed by atoms with Crippen LogP contribution < -0.4 is 0 Å². The quantitative estimate of drug-likeness (QED) is 0.499. The lowest BCUT2D eigenvalue weighted by atomic mass is 10.1. The highest BCUT2D eigenvalue weighted by Crippen LogP contribution is 2.46. The third-order valence-corrected chi connectivity index (χ3v) is 4.60. The van der Waals surface area contributed by atoms with Gasteiger partial charge in [-0.3, -0.25) is 0 Å². The van der Waals surface area contributed by atoms with Crippen LogP contribution in [-0.2, 0) is 10.0 Å². The normalized spacial score (nSPS) is 14.8. The van der Waals surface area contributed by atoms with Gasteiger partial charge in [0.25, 0.3) is 0 Å². The molecule has 0 aliphatic heterocycles. The third kappa shape index (κ3) is 4.97. The highest BCUT2D eigenvalue weighted by atomic mass is 32.2. The van der Waals surface area contributed by atoms with Crippen LogP contribution >= 0.6 is 0 Å². The molecule has 0 atom stereocenters. The maximum atomic E-state index is 13.1. The molecule has 128 valence electrons. The molecule has 0 aliphatic rings. The Labute approximate surface area is 118 Å². The molecule has 0 radical (unpaired) electrons. The summed E-state index contributed by atoms with van der Waals surface area (Å²) < 4.78 is 110. The van der Waals surface area contributed by atoms with E-state index in [1.165, 1.54) is 0 Å². The lowest BCUT2D eigenvalue weighted by Gasteiger charge is -2.30. The number of halogens is 7. The van der Waals surface area contributed by atoms with E-state index in [4.69, 9.17) is 0 Å². The van der Waals surface area contributed by atoms with E-state index < -0.39 is 40.3 Å². The molecule has 11 heteroatoms. The molecule has 0 saturated heterocycles. The molecule has 0 rings (SSSR count). The maximum absolute atomic E-state index is 13.1. The molecule has 0 saturated carbocycles. The molecule has 0 bridgehead atoms. The number of rotatable bonds is 8. The van der Waals surface area contributed by atoms with Crippen molar-refractivity contribution in [2.24, 2.45) is 0 Å². The Bertz CT molecular complexity index is 433. The van der Waals surface area contributed by atoms with Crippen LogP contribution in [0.4, 0.5) is 30.7 Å². The average Bonchev–Trinajstić information content (AvgIpc) is 2.26. The van der Waals surface area contributed by atoms with Gasteiger partial charge in [0, 0.05) is 7.05 Å². The van der Waals surface area contributed by atoms with Gasteiger partial charge in [-0.1, -0.05) is 19.8 Å². The van der Waals surface area contributed by atoms with E-state index in [9.17, 15) is 39.2 Å². The minimum absolute atomic E-state index is 0.102. The molecule has 0 N–H and O–H groups in total. The summed E-state index contributed by atoms with van der Waals surface area (Å²) in [5.74, 6) is -12.5. The first-order valence-corrected chi connectivity index (χ1v) is 7.56. The molecule has 0 aliphatic carbocycles. The lowest BCUT2D eigenvalue weighted by Crippen LogP contribution is -2.57. The number of sulfonamides is 1. The molecule has 21 heavy (non-hydrogen) atoms. The minimum Gasteiger partial charge on any atom is -0.212 e. The van der Waals surface area contributed by atoms with Gasteiger partial charge in [-0.15, -0.1) is 0 Å². The first-order chi connectivity index (χ1) is 9.19. The van der Waals surface area contributed by atoms with Crippen molar-refractivity contribution in [3.05, 3.63) is 0 Å². The Morgan fingerprint density at radius 2 is 1.43 bits per heavy atom. The third-order valence-electron chi connectivity index (χ3n) is 2.72. The van der Waals surface area contributed by atoms with Crippen molar-refractivity contribution in [3.8, 4) is 0 Å². The summed E-state index contributed by atoms with van der Waals surface area (Å²) >= 11 is 0. The summed E-state index contributed by atoms with van der Waals surface area (Å²) in [7, 11) is -3.78. The highest BCUT2D eigenvalue weighted by Gasteiger charge is 2.73. The maximum Gasteiger partial charge on any atom is 0.459 e. The predicted octanol–water partition coefficient (Wildman–Crippen LogP) is 3.27. The first kappa shape index (κ1) is 20.4. The largest absolute Gasteiger partial charge is 0.459 e. The van der Waals surface area contributed by atoms with E-state index in [0.717, 1.165) is 0 Å². The van der Waals surface area contributed by atoms with Gasteiger partial charge in [-0.2, -0.15) is 35.0 Å². The minimum atomic E-state index is -6.47. The molecule has 0 spiro atoms. The van der Waals surface area contributed by atoms with Crippen LogP contribution in [0.3, 0.4) is 0 Å². The van der Waals surface area contributed by atoms with Crippen LogP contribution in [-0.4, -0.2) is 50.1 Å². The van der Waals surface area contributed by atoms with Crippen LogP contribution in [0.5, 0.6) is 0 Å². The van der Waals surface area contributed by atoms with Crippen LogP contribution in [0.2, 0.25) is 0 Å². The Hall–Kier alpha value is -0.580. The van der Waals surface area contributed by atoms with E-state index in [1.807, 2.05) is 0 Å². The van der Waals surface area contributed by atoms with Gasteiger partial charge in [0.2, 0.25) is 10.0 Å². The molecule has 0 aromatic rings. The van der Waals surface area contributed by atoms with Gasteiger partial charge in [0.15, 0.2) is 0 Å². The van der Waals surface area contributed by atoms with E-state index in [1.54, 1.807) is 6.92 Å². The zero-order valence-electron chi connectivity index (χ0n) is 11.4. The monoisotopic (exact) mass is 347 g/mol. The molecule has 0 aromatic carbocycles. The van der Waals surface area contributed by atoms with E-state index in [0.29, 0.717) is 19.9 Å². The predicted molar refractivity (Wildman–Crippen MR) is 61.9 cm³/mol. The van der Waals surface area contributed by atoms with Crippen molar-refractivity contribution in [1.29, 1.82) is 0 Å². The molecule has 0 unspecified atom stereocenters. The van der Waals surface area contributed by atoms with Crippen molar-refractivity contribution in [3.63, 3.8) is 0 Å². The van der Waals surface area contributed by atoms with E-state index in [2.05, 4.69) is 0 Å². The van der Waals surface area contributed by atoms with Crippen LogP contribution in [0, 0.1) is 0 Å². The summed E-state index contributed by atoms with van der Waals surface area (Å²) in [4.78, 5) is 0. The molecule has 3 nitrogen and oxygen atoms in total. The van der Waals surface area contributed by atoms with Gasteiger partial charge < -0.3 is 0 Å². The van der Waals surface area contributed by atoms with Crippen molar-refractivity contribution in [1.82, 2.24) is 4.31 Å². The number of alkyl halides is 7. The SMILES string of the molecule is CCCCCS(=O)(=O)N(C)CC(F)(F)C(F)(F)C(F)(F)F. The van der Waals surface area contributed by atoms with Crippen molar-refractivity contribution in [2.45, 2.75) is 44.2 Å². The van der Waals surface area contributed by atoms with Gasteiger partial charge in [0.05, 0.1) is 12.3 Å². The van der Waals surface area contributed by atoms with Crippen LogP contribution in [0.15, 0.2) is 0 Å². The second kappa shape index (κ2) is 6.67. The molecule has 0 fully saturated rings. The molecular formula is C10H16F7NO2S. The van der Waals surface area contributed by atoms with Crippen LogP contribution in [0.25, 0.3) is 0 Å². The van der Waals surface area contributed by atoms with Crippen molar-refractivity contribution in [2.75, 3.05) is 19.3 Å². The fourth-order valence-electron chi connectivity index (χ4n) is 1.37. The number of unbranched alkanes of at least 4 members (excludes halogenated alkanes) is 2. The highest BCUT2D eigenvalue weighted by molar-refractivity contribution is 7.89. The zero-order valence-corrected chi connectivity index (χ0v) is 12.2. The summed E-state index contributed by atoms with van der Waals surface area (Å²) in [6, 6.07) is 0. The summed E-state index contributed by atoms with van der Waals surface area (Å²) in [5, 5.41) is 0. The van der Waals surface area contributed by atoms with Gasteiger partial charge in [-0.05, 0) is 6.42 Å². The van der Waals surface area contributed by atoms with Crippen molar-refractivity contribution >= 4 is 10.0 Å². The fourth-order valence-corrected chi connectivity index (χ4v) is 2.61. The van der Waals surface area contributed by atoms with Crippen LogP contribution in [0.1, 0.15) is 26.2 Å². The van der Waals surface area contributed by atoms with E-state index in [-0.39, 0.29) is 10.7 Å². The van der Waals surface area contributed by atoms with Gasteiger partial charge in [0.1, 0.15) is 0 Å². The number of hydrogen-bond donors (Lipinski definition) is 0. The second-order valence-corrected chi connectivity index (χ2v) is 6.75. The second-order valence-electron chi connectivity index (χ2n) is 4.56. The Morgan fingerprint density at radius 1 is 0.952 bits per heavy atom. The smallest absolute Gasteiger partial charge is 0.212 e. The number of nitrogens with zero attached hydrogens (tertiary/aromatic N) is 1. The number of hydrogen-bond acceptors (Lipinski definition) is 2. The molecule has 0 aromatic heterocycles. The summed E-state index contributed by atoms with van der Waals surface area (Å²) in [5.41, 5.74) is 0. The average molecular weight is 347 g/mol. The van der Waals surface area contributed by atoms with Gasteiger partial charge >= 0.3 is 18.0 Å². The Morgan fingerprint density at radius 3 is 1.81 bits per heavy atom. The summed E-state index contributed by atoms with van der Waals surface area (Å²) in [6.45, 7) is -0.498. The molecule has 0 heterocycles. The zero-order chi connectivity index (χ0) is 17.1. The van der Waals surface area contributed by atoms with Gasteiger partial charge in [-0.25, -0.2) is 8.42 Å². The first-order valence-electron chi connectivity index (χ1n) is 5.95. The van der Waals surface area contributed by atoms with Crippen molar-refractivity contribution < 1.29 is 39.2 Å². The standard InChI is InChI=1S/C10H16F7NO2S/c1-3-4-5-6-21(19,20)18(2)7-8(11,12)9(13,14)10(15,16)17/h3-7H2,1-2H3. The topological polar surface area (TPSA) is 37.4 Å². The molecular weight excluding hydrogens is 331 g/mol. The lowest BCUT2D eigenvalue weighted by molar-refractivity contribution is -0.354.